The van der Waals surface area contributed by atoms with Crippen molar-refractivity contribution < 1.29 is 9.59 Å². The van der Waals surface area contributed by atoms with E-state index < -0.39 is 0 Å². The molecule has 0 aliphatic rings. The third-order valence-electron chi connectivity index (χ3n) is 1.69. The lowest BCUT2D eigenvalue weighted by Crippen LogP contribution is -1.92. The Kier molecular flexibility index (Phi) is 4.04. The molecular formula is C9H8Br2O2S. The molecule has 0 bridgehead atoms. The molecule has 1 rings (SSSR count). The van der Waals surface area contributed by atoms with Crippen LogP contribution in [0.5, 0.6) is 0 Å². The van der Waals surface area contributed by atoms with Gasteiger partial charge in [-0.3, -0.25) is 9.59 Å². The number of carbonyl (C=O) groups is 2. The zero-order valence-corrected chi connectivity index (χ0v) is 11.7. The largest absolute Gasteiger partial charge is 0.294 e. The van der Waals surface area contributed by atoms with E-state index in [0.717, 1.165) is 0 Å². The number of carbonyl (C=O) groups excluding carboxylic acids is 2. The van der Waals surface area contributed by atoms with E-state index in [9.17, 15) is 9.59 Å². The van der Waals surface area contributed by atoms with Crippen molar-refractivity contribution in [2.24, 2.45) is 0 Å². The van der Waals surface area contributed by atoms with Gasteiger partial charge < -0.3 is 0 Å². The molecule has 0 aliphatic carbocycles. The van der Waals surface area contributed by atoms with Crippen molar-refractivity contribution in [3.05, 3.63) is 18.7 Å². The van der Waals surface area contributed by atoms with Gasteiger partial charge >= 0.3 is 0 Å². The molecule has 0 fully saturated rings. The molecule has 1 aromatic rings. The molecule has 5 heteroatoms. The Morgan fingerprint density at radius 2 is 1.71 bits per heavy atom. The SMILES string of the molecule is CCC(=O)c1sc(C(C)=O)c(Br)c1Br. The van der Waals surface area contributed by atoms with Crippen LogP contribution in [0.1, 0.15) is 39.6 Å². The summed E-state index contributed by atoms with van der Waals surface area (Å²) in [4.78, 5) is 23.9. The fourth-order valence-electron chi connectivity index (χ4n) is 0.957. The van der Waals surface area contributed by atoms with Crippen LogP contribution in [0.2, 0.25) is 0 Å². The van der Waals surface area contributed by atoms with E-state index in [2.05, 4.69) is 31.9 Å². The first kappa shape index (κ1) is 12.1. The van der Waals surface area contributed by atoms with Crippen LogP contribution < -0.4 is 0 Å². The Morgan fingerprint density at radius 1 is 1.21 bits per heavy atom. The topological polar surface area (TPSA) is 34.1 Å². The van der Waals surface area contributed by atoms with Gasteiger partial charge in [-0.1, -0.05) is 6.92 Å². The second-order valence-electron chi connectivity index (χ2n) is 2.72. The Morgan fingerprint density at radius 3 is 2.07 bits per heavy atom. The van der Waals surface area contributed by atoms with E-state index in [0.29, 0.717) is 25.1 Å². The molecule has 0 N–H and O–H groups in total. The molecule has 0 aliphatic heterocycles. The minimum absolute atomic E-state index is 0.0299. The van der Waals surface area contributed by atoms with Crippen LogP contribution in [-0.2, 0) is 0 Å². The maximum absolute atomic E-state index is 11.5. The summed E-state index contributed by atoms with van der Waals surface area (Å²) in [5.74, 6) is 0.0211. The van der Waals surface area contributed by atoms with Gasteiger partial charge in [-0.25, -0.2) is 0 Å². The van der Waals surface area contributed by atoms with E-state index in [-0.39, 0.29) is 11.6 Å². The van der Waals surface area contributed by atoms with Crippen molar-refractivity contribution in [3.63, 3.8) is 0 Å². The number of ketones is 2. The van der Waals surface area contributed by atoms with Gasteiger partial charge in [-0.15, -0.1) is 11.3 Å². The van der Waals surface area contributed by atoms with Gasteiger partial charge in [0.2, 0.25) is 0 Å². The highest BCUT2D eigenvalue weighted by Crippen LogP contribution is 2.38. The third-order valence-corrected chi connectivity index (χ3v) is 5.66. The lowest BCUT2D eigenvalue weighted by molar-refractivity contribution is 0.0989. The summed E-state index contributed by atoms with van der Waals surface area (Å²) in [6.45, 7) is 3.29. The van der Waals surface area contributed by atoms with Crippen molar-refractivity contribution in [2.45, 2.75) is 20.3 Å². The van der Waals surface area contributed by atoms with Crippen LogP contribution in [0.15, 0.2) is 8.95 Å². The zero-order chi connectivity index (χ0) is 10.9. The number of rotatable bonds is 3. The van der Waals surface area contributed by atoms with Crippen LogP contribution in [0.3, 0.4) is 0 Å². The van der Waals surface area contributed by atoms with Gasteiger partial charge in [0.1, 0.15) is 0 Å². The fourth-order valence-corrected chi connectivity index (χ4v) is 3.59. The van der Waals surface area contributed by atoms with Gasteiger partial charge in [-0.05, 0) is 38.8 Å². The predicted molar refractivity (Wildman–Crippen MR) is 64.3 cm³/mol. The highest BCUT2D eigenvalue weighted by molar-refractivity contribution is 9.13. The number of hydrogen-bond donors (Lipinski definition) is 0. The van der Waals surface area contributed by atoms with E-state index >= 15 is 0 Å². The molecule has 1 aromatic heterocycles. The molecule has 0 aromatic carbocycles. The lowest BCUT2D eigenvalue weighted by Gasteiger charge is -1.92. The van der Waals surface area contributed by atoms with Gasteiger partial charge in [0.25, 0.3) is 0 Å². The van der Waals surface area contributed by atoms with Crippen LogP contribution >= 0.6 is 43.2 Å². The smallest absolute Gasteiger partial charge is 0.173 e. The van der Waals surface area contributed by atoms with Gasteiger partial charge in [-0.2, -0.15) is 0 Å². The highest BCUT2D eigenvalue weighted by Gasteiger charge is 2.20. The number of hydrogen-bond acceptors (Lipinski definition) is 3. The average molecular weight is 340 g/mol. The van der Waals surface area contributed by atoms with Crippen molar-refractivity contribution in [1.29, 1.82) is 0 Å². The zero-order valence-electron chi connectivity index (χ0n) is 7.69. The maximum atomic E-state index is 11.5. The van der Waals surface area contributed by atoms with Crippen LogP contribution in [0.4, 0.5) is 0 Å². The van der Waals surface area contributed by atoms with E-state index in [4.69, 9.17) is 0 Å². The minimum atomic E-state index is -0.0299. The molecule has 1 heterocycles. The summed E-state index contributed by atoms with van der Waals surface area (Å²) in [7, 11) is 0. The molecule has 0 saturated carbocycles. The van der Waals surface area contributed by atoms with Gasteiger partial charge in [0.15, 0.2) is 11.6 Å². The molecule has 0 amide bonds. The van der Waals surface area contributed by atoms with Crippen LogP contribution in [0.25, 0.3) is 0 Å². The van der Waals surface area contributed by atoms with Crippen molar-refractivity contribution in [3.8, 4) is 0 Å². The molecule has 2 nitrogen and oxygen atoms in total. The summed E-state index contributed by atoms with van der Waals surface area (Å²) in [5, 5.41) is 0. The Balaban J connectivity index is 3.28. The summed E-state index contributed by atoms with van der Waals surface area (Å²) in [5.41, 5.74) is 0. The predicted octanol–water partition coefficient (Wildman–Crippen LogP) is 4.07. The summed E-state index contributed by atoms with van der Waals surface area (Å²) in [6.07, 6.45) is 0.447. The first-order valence-corrected chi connectivity index (χ1v) is 6.41. The number of Topliss-reactive ketones (excluding diaryl/α,β-unsaturated/α-hetero) is 2. The molecule has 0 atom stereocenters. The second kappa shape index (κ2) is 4.68. The summed E-state index contributed by atoms with van der Waals surface area (Å²) in [6, 6.07) is 0. The average Bonchev–Trinajstić information content (AvgIpc) is 2.43. The minimum Gasteiger partial charge on any atom is -0.294 e. The van der Waals surface area contributed by atoms with Crippen molar-refractivity contribution in [1.82, 2.24) is 0 Å². The monoisotopic (exact) mass is 338 g/mol. The first-order chi connectivity index (χ1) is 6.49. The molecule has 0 unspecified atom stereocenters. The van der Waals surface area contributed by atoms with Crippen molar-refractivity contribution >= 4 is 54.8 Å². The Labute approximate surface area is 103 Å². The van der Waals surface area contributed by atoms with Gasteiger partial charge in [0.05, 0.1) is 18.7 Å². The standard InChI is InChI=1S/C9H8Br2O2S/c1-3-5(13)9-7(11)6(10)8(14-9)4(2)12/h3H2,1-2H3. The Bertz CT molecular complexity index is 396. The van der Waals surface area contributed by atoms with Crippen LogP contribution in [0, 0.1) is 0 Å². The molecule has 0 radical (unpaired) electrons. The van der Waals surface area contributed by atoms with Gasteiger partial charge in [0, 0.05) is 6.42 Å². The first-order valence-electron chi connectivity index (χ1n) is 4.01. The fraction of sp³-hybridized carbons (Fsp3) is 0.333. The molecule has 14 heavy (non-hydrogen) atoms. The highest BCUT2D eigenvalue weighted by atomic mass is 79.9. The molecular weight excluding hydrogens is 332 g/mol. The quantitative estimate of drug-likeness (QED) is 0.778. The molecule has 0 spiro atoms. The normalized spacial score (nSPS) is 10.3. The van der Waals surface area contributed by atoms with Crippen LogP contribution in [-0.4, -0.2) is 11.6 Å². The molecule has 0 saturated heterocycles. The lowest BCUT2D eigenvalue weighted by atomic mass is 10.2. The summed E-state index contributed by atoms with van der Waals surface area (Å²) < 4.78 is 1.38. The summed E-state index contributed by atoms with van der Waals surface area (Å²) >= 11 is 7.82. The molecule has 76 valence electrons. The second-order valence-corrected chi connectivity index (χ2v) is 5.33. The Hall–Kier alpha value is 0. The van der Waals surface area contributed by atoms with E-state index in [1.165, 1.54) is 18.3 Å². The number of halogens is 2. The van der Waals surface area contributed by atoms with E-state index in [1.54, 1.807) is 6.92 Å². The number of thiophene rings is 1. The van der Waals surface area contributed by atoms with Crippen molar-refractivity contribution in [2.75, 3.05) is 0 Å². The van der Waals surface area contributed by atoms with E-state index in [1.807, 2.05) is 0 Å². The maximum Gasteiger partial charge on any atom is 0.173 e. The third kappa shape index (κ3) is 2.15.